The molecule has 0 saturated heterocycles. The van der Waals surface area contributed by atoms with E-state index in [1.807, 2.05) is 19.4 Å². The molecule has 2 heterocycles. The molecule has 0 N–H and O–H groups in total. The topological polar surface area (TPSA) is 74.8 Å². The minimum atomic E-state index is -0.477. The van der Waals surface area contributed by atoms with Crippen LogP contribution in [-0.4, -0.2) is 37.1 Å². The first kappa shape index (κ1) is 13.5. The normalized spacial score (nSPS) is 14.1. The molecule has 0 amide bonds. The van der Waals surface area contributed by atoms with Crippen LogP contribution < -0.4 is 0 Å². The van der Waals surface area contributed by atoms with Crippen LogP contribution in [0.5, 0.6) is 0 Å². The number of imidazole rings is 1. The summed E-state index contributed by atoms with van der Waals surface area (Å²) < 4.78 is 8.85. The molecule has 7 heteroatoms. The Hall–Kier alpha value is -2.44. The average molecular weight is 287 g/mol. The van der Waals surface area contributed by atoms with Crippen molar-refractivity contribution in [3.63, 3.8) is 0 Å². The van der Waals surface area contributed by atoms with E-state index in [1.54, 1.807) is 4.68 Å². The zero-order valence-electron chi connectivity index (χ0n) is 11.9. The van der Waals surface area contributed by atoms with Gasteiger partial charge in [0, 0.05) is 6.04 Å². The predicted molar refractivity (Wildman–Crippen MR) is 74.8 cm³/mol. The summed E-state index contributed by atoms with van der Waals surface area (Å²) in [5.74, 6) is -0.477. The van der Waals surface area contributed by atoms with Crippen molar-refractivity contribution < 1.29 is 9.53 Å². The number of aromatic nitrogens is 5. The lowest BCUT2D eigenvalue weighted by atomic mass is 10.3. The van der Waals surface area contributed by atoms with Crippen molar-refractivity contribution in [2.45, 2.75) is 32.4 Å². The third kappa shape index (κ3) is 2.72. The van der Waals surface area contributed by atoms with Crippen molar-refractivity contribution >= 4 is 5.97 Å². The highest BCUT2D eigenvalue weighted by atomic mass is 16.5. The number of ether oxygens (including phenoxy) is 1. The Balaban J connectivity index is 1.77. The summed E-state index contributed by atoms with van der Waals surface area (Å²) in [5, 5.41) is 7.95. The van der Waals surface area contributed by atoms with Crippen LogP contribution in [0.15, 0.2) is 25.2 Å². The fourth-order valence-electron chi connectivity index (χ4n) is 2.19. The zero-order valence-corrected chi connectivity index (χ0v) is 11.9. The van der Waals surface area contributed by atoms with Crippen LogP contribution in [0.3, 0.4) is 0 Å². The minimum absolute atomic E-state index is 0.166. The van der Waals surface area contributed by atoms with Crippen LogP contribution in [0, 0.1) is 6.92 Å². The van der Waals surface area contributed by atoms with E-state index in [-0.39, 0.29) is 12.3 Å². The molecule has 0 aromatic carbocycles. The highest BCUT2D eigenvalue weighted by molar-refractivity contribution is 5.88. The molecule has 1 aliphatic rings. The lowest BCUT2D eigenvalue weighted by molar-refractivity contribution is 0.0542. The van der Waals surface area contributed by atoms with E-state index in [0.29, 0.717) is 18.3 Å². The summed E-state index contributed by atoms with van der Waals surface area (Å²) in [7, 11) is 0. The van der Waals surface area contributed by atoms with Gasteiger partial charge in [0.15, 0.2) is 5.69 Å². The van der Waals surface area contributed by atoms with Gasteiger partial charge in [0.05, 0.1) is 30.5 Å². The molecule has 2 aromatic heterocycles. The Bertz CT molecular complexity index is 669. The third-order valence-electron chi connectivity index (χ3n) is 3.51. The predicted octanol–water partition coefficient (Wildman–Crippen LogP) is 1.51. The quantitative estimate of drug-likeness (QED) is 0.594. The number of carbonyl (C=O) groups is 1. The van der Waals surface area contributed by atoms with Gasteiger partial charge in [-0.05, 0) is 19.8 Å². The highest BCUT2D eigenvalue weighted by Crippen LogP contribution is 2.35. The molecule has 0 aliphatic heterocycles. The van der Waals surface area contributed by atoms with Crippen molar-refractivity contribution in [3.05, 3.63) is 42.3 Å². The van der Waals surface area contributed by atoms with Crippen molar-refractivity contribution in [1.29, 1.82) is 0 Å². The van der Waals surface area contributed by atoms with Gasteiger partial charge in [-0.2, -0.15) is 0 Å². The molecule has 0 atom stereocenters. The summed E-state index contributed by atoms with van der Waals surface area (Å²) in [6, 6.07) is 0.559. The van der Waals surface area contributed by atoms with Crippen LogP contribution in [0.25, 0.3) is 0 Å². The molecule has 3 rings (SSSR count). The average Bonchev–Trinajstić information content (AvgIpc) is 3.12. The van der Waals surface area contributed by atoms with E-state index in [1.165, 1.54) is 18.9 Å². The molecule has 0 radical (unpaired) electrons. The second-order valence-corrected chi connectivity index (χ2v) is 5.09. The van der Waals surface area contributed by atoms with Gasteiger partial charge in [0.1, 0.15) is 6.61 Å². The van der Waals surface area contributed by atoms with Crippen LogP contribution in [0.2, 0.25) is 0 Å². The van der Waals surface area contributed by atoms with E-state index in [4.69, 9.17) is 4.74 Å². The minimum Gasteiger partial charge on any atom is -0.457 e. The Morgan fingerprint density at radius 1 is 1.57 bits per heavy atom. The summed E-state index contributed by atoms with van der Waals surface area (Å²) in [5.41, 5.74) is 2.00. The van der Waals surface area contributed by atoms with Crippen LogP contribution in [0.4, 0.5) is 0 Å². The first-order valence-corrected chi connectivity index (χ1v) is 6.89. The fraction of sp³-hybridized carbons (Fsp3) is 0.429. The fourth-order valence-corrected chi connectivity index (χ4v) is 2.19. The van der Waals surface area contributed by atoms with Gasteiger partial charge in [-0.1, -0.05) is 17.9 Å². The second kappa shape index (κ2) is 5.51. The monoisotopic (exact) mass is 287 g/mol. The Kier molecular flexibility index (Phi) is 3.55. The van der Waals surface area contributed by atoms with Crippen molar-refractivity contribution in [1.82, 2.24) is 24.5 Å². The van der Waals surface area contributed by atoms with Crippen LogP contribution in [-0.2, 0) is 11.3 Å². The first-order chi connectivity index (χ1) is 10.2. The summed E-state index contributed by atoms with van der Waals surface area (Å²) >= 11 is 0. The van der Waals surface area contributed by atoms with E-state index >= 15 is 0 Å². The Morgan fingerprint density at radius 2 is 2.38 bits per heavy atom. The summed E-state index contributed by atoms with van der Waals surface area (Å²) in [6.45, 7) is 6.03. The van der Waals surface area contributed by atoms with Crippen molar-refractivity contribution in [2.24, 2.45) is 0 Å². The van der Waals surface area contributed by atoms with Gasteiger partial charge in [0.25, 0.3) is 0 Å². The van der Waals surface area contributed by atoms with E-state index in [9.17, 15) is 4.79 Å². The number of rotatable bonds is 6. The molecule has 110 valence electrons. The maximum Gasteiger partial charge on any atom is 0.361 e. The molecule has 0 bridgehead atoms. The molecule has 2 aromatic rings. The molecular formula is C14H17N5O2. The van der Waals surface area contributed by atoms with Gasteiger partial charge in [0.2, 0.25) is 0 Å². The zero-order chi connectivity index (χ0) is 14.8. The summed E-state index contributed by atoms with van der Waals surface area (Å²) in [6.07, 6.45) is 7.58. The van der Waals surface area contributed by atoms with E-state index in [0.717, 1.165) is 5.69 Å². The number of nitrogens with zero attached hydrogens (tertiary/aromatic N) is 5. The van der Waals surface area contributed by atoms with Gasteiger partial charge in [-0.3, -0.25) is 0 Å². The Labute approximate surface area is 122 Å². The molecule has 21 heavy (non-hydrogen) atoms. The molecule has 1 aliphatic carbocycles. The molecule has 0 spiro atoms. The largest absolute Gasteiger partial charge is 0.457 e. The third-order valence-corrected chi connectivity index (χ3v) is 3.51. The van der Waals surface area contributed by atoms with Gasteiger partial charge in [-0.25, -0.2) is 14.5 Å². The lowest BCUT2D eigenvalue weighted by Gasteiger charge is -2.07. The van der Waals surface area contributed by atoms with Gasteiger partial charge in [-0.15, -0.1) is 5.10 Å². The SMILES string of the molecule is C=CCOC(=O)c1nnn(Cc2cncn2C2CC2)c1C. The molecular weight excluding hydrogens is 270 g/mol. The molecule has 1 fully saturated rings. The van der Waals surface area contributed by atoms with Crippen molar-refractivity contribution in [2.75, 3.05) is 6.61 Å². The Morgan fingerprint density at radius 3 is 3.10 bits per heavy atom. The van der Waals surface area contributed by atoms with E-state index < -0.39 is 5.97 Å². The van der Waals surface area contributed by atoms with E-state index in [2.05, 4.69) is 26.4 Å². The van der Waals surface area contributed by atoms with Gasteiger partial charge >= 0.3 is 5.97 Å². The number of esters is 1. The maximum absolute atomic E-state index is 11.8. The first-order valence-electron chi connectivity index (χ1n) is 6.89. The number of hydrogen-bond acceptors (Lipinski definition) is 5. The smallest absolute Gasteiger partial charge is 0.361 e. The molecule has 7 nitrogen and oxygen atoms in total. The number of hydrogen-bond donors (Lipinski definition) is 0. The van der Waals surface area contributed by atoms with Crippen molar-refractivity contribution in [3.8, 4) is 0 Å². The lowest BCUT2D eigenvalue weighted by Crippen LogP contribution is -2.11. The number of carbonyl (C=O) groups excluding carboxylic acids is 1. The highest BCUT2D eigenvalue weighted by Gasteiger charge is 2.26. The van der Waals surface area contributed by atoms with Gasteiger partial charge < -0.3 is 9.30 Å². The van der Waals surface area contributed by atoms with Crippen LogP contribution >= 0.6 is 0 Å². The standard InChI is InChI=1S/C14H17N5O2/c1-3-6-21-14(20)13-10(2)19(17-16-13)8-12-7-15-9-18(12)11-4-5-11/h3,7,9,11H,1,4-6,8H2,2H3. The summed E-state index contributed by atoms with van der Waals surface area (Å²) in [4.78, 5) is 16.0. The molecule has 1 saturated carbocycles. The van der Waals surface area contributed by atoms with Crippen LogP contribution in [0.1, 0.15) is 40.8 Å². The molecule has 0 unspecified atom stereocenters. The maximum atomic E-state index is 11.8. The second-order valence-electron chi connectivity index (χ2n) is 5.09.